The molecule has 1 heterocycles. The van der Waals surface area contributed by atoms with Crippen molar-refractivity contribution in [3.8, 4) is 5.75 Å². The molecule has 0 saturated carbocycles. The topological polar surface area (TPSA) is 79.5 Å². The molecule has 27 heavy (non-hydrogen) atoms. The first kappa shape index (κ1) is 18.5. The fraction of sp³-hybridized carbons (Fsp3) is 0.158. The number of phenols is 1. The van der Waals surface area contributed by atoms with E-state index in [1.807, 2.05) is 0 Å². The number of hydrogen-bond acceptors (Lipinski definition) is 3. The van der Waals surface area contributed by atoms with Crippen molar-refractivity contribution >= 4 is 22.8 Å². The molecule has 2 aromatic carbocycles. The predicted octanol–water partition coefficient (Wildman–Crippen LogP) is 3.95. The van der Waals surface area contributed by atoms with Crippen molar-refractivity contribution in [1.82, 2.24) is 4.57 Å². The van der Waals surface area contributed by atoms with Gasteiger partial charge in [0, 0.05) is 16.6 Å². The standard InChI is InChI=1S/C19H14F3NO4/c1-8(19(26)27)15-9(2)23(13-5-6-14(24)17(22)16(13)15)18(25)10-3-4-11(20)12(21)7-10/h3-8,24H,1-2H3,(H,26,27)/t8-/m0/s1. The van der Waals surface area contributed by atoms with Crippen molar-refractivity contribution in [2.75, 3.05) is 0 Å². The maximum atomic E-state index is 14.6. The van der Waals surface area contributed by atoms with Crippen LogP contribution in [0.2, 0.25) is 0 Å². The van der Waals surface area contributed by atoms with E-state index in [9.17, 15) is 33.0 Å². The van der Waals surface area contributed by atoms with E-state index < -0.39 is 41.0 Å². The first-order valence-electron chi connectivity index (χ1n) is 7.90. The van der Waals surface area contributed by atoms with Gasteiger partial charge < -0.3 is 10.2 Å². The highest BCUT2D eigenvalue weighted by atomic mass is 19.2. The number of fused-ring (bicyclic) bond motifs is 1. The van der Waals surface area contributed by atoms with Gasteiger partial charge in [-0.1, -0.05) is 0 Å². The lowest BCUT2D eigenvalue weighted by Gasteiger charge is -2.09. The van der Waals surface area contributed by atoms with Crippen LogP contribution in [0.3, 0.4) is 0 Å². The molecule has 0 aliphatic rings. The Kier molecular flexibility index (Phi) is 4.43. The first-order valence-corrected chi connectivity index (χ1v) is 7.90. The largest absolute Gasteiger partial charge is 0.505 e. The molecule has 1 atom stereocenters. The molecule has 1 aromatic heterocycles. The summed E-state index contributed by atoms with van der Waals surface area (Å²) in [6.07, 6.45) is 0. The summed E-state index contributed by atoms with van der Waals surface area (Å²) in [5.74, 6) is -7.32. The highest BCUT2D eigenvalue weighted by molar-refractivity contribution is 6.05. The Morgan fingerprint density at radius 2 is 1.74 bits per heavy atom. The first-order chi connectivity index (χ1) is 12.6. The van der Waals surface area contributed by atoms with Gasteiger partial charge in [-0.25, -0.2) is 13.2 Å². The molecular weight excluding hydrogens is 363 g/mol. The second kappa shape index (κ2) is 6.46. The van der Waals surface area contributed by atoms with Crippen LogP contribution in [0, 0.1) is 24.4 Å². The fourth-order valence-electron chi connectivity index (χ4n) is 3.15. The van der Waals surface area contributed by atoms with Crippen molar-refractivity contribution in [3.63, 3.8) is 0 Å². The van der Waals surface area contributed by atoms with Crippen LogP contribution in [-0.2, 0) is 4.79 Å². The molecule has 0 spiro atoms. The van der Waals surface area contributed by atoms with Crippen LogP contribution in [0.15, 0.2) is 30.3 Å². The van der Waals surface area contributed by atoms with Gasteiger partial charge in [-0.3, -0.25) is 14.2 Å². The third-order valence-corrected chi connectivity index (χ3v) is 4.51. The summed E-state index contributed by atoms with van der Waals surface area (Å²) in [6, 6.07) is 4.86. The molecule has 0 saturated heterocycles. The number of nitrogens with zero attached hydrogens (tertiary/aromatic N) is 1. The molecule has 5 nitrogen and oxygen atoms in total. The number of benzene rings is 2. The number of carbonyl (C=O) groups excluding carboxylic acids is 1. The molecule has 0 aliphatic carbocycles. The quantitative estimate of drug-likeness (QED) is 0.724. The Hall–Kier alpha value is -3.29. The number of halogens is 3. The van der Waals surface area contributed by atoms with Crippen molar-refractivity contribution in [1.29, 1.82) is 0 Å². The summed E-state index contributed by atoms with van der Waals surface area (Å²) in [5, 5.41) is 18.8. The second-order valence-corrected chi connectivity index (χ2v) is 6.12. The lowest BCUT2D eigenvalue weighted by atomic mass is 9.97. The molecule has 2 N–H and O–H groups in total. The molecular formula is C19H14F3NO4. The van der Waals surface area contributed by atoms with E-state index in [2.05, 4.69) is 0 Å². The molecule has 8 heteroatoms. The van der Waals surface area contributed by atoms with Gasteiger partial charge in [-0.05, 0) is 49.7 Å². The lowest BCUT2D eigenvalue weighted by Crippen LogP contribution is -2.15. The van der Waals surface area contributed by atoms with Crippen molar-refractivity contribution in [2.45, 2.75) is 19.8 Å². The molecule has 0 radical (unpaired) electrons. The number of aromatic hydroxyl groups is 1. The van der Waals surface area contributed by atoms with Crippen LogP contribution >= 0.6 is 0 Å². The zero-order valence-corrected chi connectivity index (χ0v) is 14.3. The second-order valence-electron chi connectivity index (χ2n) is 6.12. The third kappa shape index (κ3) is 2.83. The van der Waals surface area contributed by atoms with Gasteiger partial charge in [0.05, 0.1) is 11.4 Å². The van der Waals surface area contributed by atoms with Gasteiger partial charge >= 0.3 is 5.97 Å². The molecule has 0 fully saturated rings. The summed E-state index contributed by atoms with van der Waals surface area (Å²) < 4.78 is 42.3. The van der Waals surface area contributed by atoms with Crippen molar-refractivity contribution in [3.05, 3.63) is 64.6 Å². The average molecular weight is 377 g/mol. The Morgan fingerprint density at radius 1 is 1.07 bits per heavy atom. The Balaban J connectivity index is 2.35. The molecule has 0 unspecified atom stereocenters. The van der Waals surface area contributed by atoms with Gasteiger partial charge in [-0.2, -0.15) is 0 Å². The van der Waals surface area contributed by atoms with Crippen LogP contribution < -0.4 is 0 Å². The van der Waals surface area contributed by atoms with Gasteiger partial charge in [-0.15, -0.1) is 0 Å². The summed E-state index contributed by atoms with van der Waals surface area (Å²) in [5.41, 5.74) is -0.0430. The van der Waals surface area contributed by atoms with Crippen molar-refractivity contribution < 1.29 is 33.0 Å². The van der Waals surface area contributed by atoms with Crippen LogP contribution in [0.5, 0.6) is 5.75 Å². The minimum atomic E-state index is -1.25. The van der Waals surface area contributed by atoms with Crippen LogP contribution in [-0.4, -0.2) is 26.7 Å². The highest BCUT2D eigenvalue weighted by Crippen LogP contribution is 2.37. The summed E-state index contributed by atoms with van der Waals surface area (Å²) in [7, 11) is 0. The highest BCUT2D eigenvalue weighted by Gasteiger charge is 2.29. The van der Waals surface area contributed by atoms with E-state index in [-0.39, 0.29) is 27.7 Å². The minimum Gasteiger partial charge on any atom is -0.505 e. The number of hydrogen-bond donors (Lipinski definition) is 2. The summed E-state index contributed by atoms with van der Waals surface area (Å²) in [6.45, 7) is 2.74. The number of aromatic nitrogens is 1. The van der Waals surface area contributed by atoms with Gasteiger partial charge in [0.15, 0.2) is 23.2 Å². The van der Waals surface area contributed by atoms with Gasteiger partial charge in [0.25, 0.3) is 5.91 Å². The van der Waals surface area contributed by atoms with E-state index in [0.29, 0.717) is 6.07 Å². The molecule has 3 rings (SSSR count). The summed E-state index contributed by atoms with van der Waals surface area (Å²) in [4.78, 5) is 24.3. The van der Waals surface area contributed by atoms with Gasteiger partial charge in [0.2, 0.25) is 0 Å². The van der Waals surface area contributed by atoms with E-state index in [1.165, 1.54) is 19.9 Å². The fourth-order valence-corrected chi connectivity index (χ4v) is 3.15. The molecule has 0 amide bonds. The molecule has 3 aromatic rings. The molecule has 140 valence electrons. The van der Waals surface area contributed by atoms with E-state index in [1.54, 1.807) is 0 Å². The maximum Gasteiger partial charge on any atom is 0.310 e. The SMILES string of the molecule is Cc1c([C@H](C)C(=O)O)c2c(F)c(O)ccc2n1C(=O)c1ccc(F)c(F)c1. The van der Waals surface area contributed by atoms with Crippen LogP contribution in [0.4, 0.5) is 13.2 Å². The number of carboxylic acid groups (broad SMARTS) is 1. The van der Waals surface area contributed by atoms with Crippen LogP contribution in [0.1, 0.15) is 34.5 Å². The van der Waals surface area contributed by atoms with E-state index >= 15 is 0 Å². The van der Waals surface area contributed by atoms with Gasteiger partial charge in [0.1, 0.15) is 0 Å². The third-order valence-electron chi connectivity index (χ3n) is 4.51. The smallest absolute Gasteiger partial charge is 0.310 e. The Bertz CT molecular complexity index is 1100. The van der Waals surface area contributed by atoms with Crippen LogP contribution in [0.25, 0.3) is 10.9 Å². The molecule has 0 aliphatic heterocycles. The zero-order chi connectivity index (χ0) is 20.0. The lowest BCUT2D eigenvalue weighted by molar-refractivity contribution is -0.138. The van der Waals surface area contributed by atoms with E-state index in [0.717, 1.165) is 22.8 Å². The Labute approximate surface area is 151 Å². The Morgan fingerprint density at radius 3 is 2.33 bits per heavy atom. The normalized spacial score (nSPS) is 12.3. The number of rotatable bonds is 3. The maximum absolute atomic E-state index is 14.6. The van der Waals surface area contributed by atoms with E-state index in [4.69, 9.17) is 0 Å². The monoisotopic (exact) mass is 377 g/mol. The summed E-state index contributed by atoms with van der Waals surface area (Å²) >= 11 is 0. The molecule has 0 bridgehead atoms. The average Bonchev–Trinajstić information content (AvgIpc) is 2.91. The number of phenolic OH excluding ortho intramolecular Hbond substituents is 1. The number of aliphatic carboxylic acids is 1. The zero-order valence-electron chi connectivity index (χ0n) is 14.3. The number of carboxylic acids is 1. The minimum absolute atomic E-state index is 0.0145. The van der Waals surface area contributed by atoms with Crippen molar-refractivity contribution in [2.24, 2.45) is 0 Å². The predicted molar refractivity (Wildman–Crippen MR) is 90.4 cm³/mol. The number of carbonyl (C=O) groups is 2.